The first-order valence-electron chi connectivity index (χ1n) is 6.90. The minimum Gasteiger partial charge on any atom is -0.312 e. The molecule has 1 heterocycles. The summed E-state index contributed by atoms with van der Waals surface area (Å²) in [5, 5.41) is 0. The lowest BCUT2D eigenvalue weighted by atomic mass is 10.00. The third kappa shape index (κ3) is 3.38. The van der Waals surface area contributed by atoms with Crippen molar-refractivity contribution in [2.75, 3.05) is 11.4 Å². The zero-order valence-corrected chi connectivity index (χ0v) is 13.8. The van der Waals surface area contributed by atoms with E-state index >= 15 is 0 Å². The van der Waals surface area contributed by atoms with Gasteiger partial charge in [0.2, 0.25) is 5.91 Å². The van der Waals surface area contributed by atoms with Crippen LogP contribution in [0.5, 0.6) is 0 Å². The van der Waals surface area contributed by atoms with Gasteiger partial charge in [-0.25, -0.2) is 0 Å². The molecule has 0 saturated heterocycles. The van der Waals surface area contributed by atoms with E-state index in [-0.39, 0.29) is 16.1 Å². The normalized spacial score (nSPS) is 14.9. The summed E-state index contributed by atoms with van der Waals surface area (Å²) in [6.07, 6.45) is 1.97. The molecule has 1 amide bonds. The van der Waals surface area contributed by atoms with Gasteiger partial charge >= 0.3 is 0 Å². The van der Waals surface area contributed by atoms with Crippen LogP contribution in [0.4, 0.5) is 5.69 Å². The van der Waals surface area contributed by atoms with E-state index in [0.717, 1.165) is 25.1 Å². The lowest BCUT2D eigenvalue weighted by molar-refractivity contribution is -0.121. The summed E-state index contributed by atoms with van der Waals surface area (Å²) >= 11 is 3.69. The Kier molecular flexibility index (Phi) is 4.05. The van der Waals surface area contributed by atoms with Crippen LogP contribution in [0.2, 0.25) is 0 Å². The van der Waals surface area contributed by atoms with Crippen molar-refractivity contribution in [2.45, 2.75) is 44.9 Å². The zero-order chi connectivity index (χ0) is 14.2. The minimum absolute atomic E-state index is 0.0621. The topological polar surface area (TPSA) is 20.3 Å². The van der Waals surface area contributed by atoms with E-state index in [1.54, 1.807) is 0 Å². The maximum absolute atomic E-state index is 12.1. The van der Waals surface area contributed by atoms with Gasteiger partial charge in [0.1, 0.15) is 0 Å². The van der Waals surface area contributed by atoms with Crippen LogP contribution in [0.3, 0.4) is 0 Å². The highest BCUT2D eigenvalue weighted by molar-refractivity contribution is 9.10. The van der Waals surface area contributed by atoms with Crippen LogP contribution in [0.1, 0.15) is 38.8 Å². The van der Waals surface area contributed by atoms with Crippen molar-refractivity contribution in [3.05, 3.63) is 29.3 Å². The molecule has 0 spiro atoms. The Morgan fingerprint density at radius 2 is 2.11 bits per heavy atom. The largest absolute Gasteiger partial charge is 0.312 e. The Labute approximate surface area is 124 Å². The van der Waals surface area contributed by atoms with E-state index in [0.29, 0.717) is 0 Å². The van der Waals surface area contributed by atoms with Gasteiger partial charge in [-0.05, 0) is 43.9 Å². The van der Waals surface area contributed by atoms with Crippen LogP contribution in [0.25, 0.3) is 0 Å². The number of hydrogen-bond acceptors (Lipinski definition) is 1. The van der Waals surface area contributed by atoms with E-state index < -0.39 is 0 Å². The van der Waals surface area contributed by atoms with Crippen LogP contribution in [-0.4, -0.2) is 16.8 Å². The average molecular weight is 324 g/mol. The quantitative estimate of drug-likeness (QED) is 0.771. The Morgan fingerprint density at radius 1 is 1.42 bits per heavy atom. The van der Waals surface area contributed by atoms with Crippen molar-refractivity contribution in [3.8, 4) is 0 Å². The first-order chi connectivity index (χ1) is 8.78. The highest BCUT2D eigenvalue weighted by atomic mass is 79.9. The second-order valence-electron chi connectivity index (χ2n) is 6.25. The predicted molar refractivity (Wildman–Crippen MR) is 84.0 cm³/mol. The number of nitrogens with zero attached hydrogens (tertiary/aromatic N) is 1. The molecule has 0 bridgehead atoms. The molecule has 104 valence electrons. The Morgan fingerprint density at radius 3 is 2.68 bits per heavy atom. The first-order valence-corrected chi connectivity index (χ1v) is 7.69. The highest BCUT2D eigenvalue weighted by Gasteiger charge is 2.26. The molecule has 1 aliphatic rings. The minimum atomic E-state index is 0.0621. The maximum atomic E-state index is 12.1. The summed E-state index contributed by atoms with van der Waals surface area (Å²) in [5.41, 5.74) is 3.75. The van der Waals surface area contributed by atoms with Crippen molar-refractivity contribution in [1.29, 1.82) is 0 Å². The van der Waals surface area contributed by atoms with E-state index in [2.05, 4.69) is 48.0 Å². The van der Waals surface area contributed by atoms with Crippen molar-refractivity contribution in [3.63, 3.8) is 0 Å². The summed E-state index contributed by atoms with van der Waals surface area (Å²) < 4.78 is 0.118. The number of carbonyl (C=O) groups is 1. The maximum Gasteiger partial charge on any atom is 0.229 e. The van der Waals surface area contributed by atoms with Gasteiger partial charge in [0.15, 0.2) is 0 Å². The molecule has 0 radical (unpaired) electrons. The fourth-order valence-electron chi connectivity index (χ4n) is 2.59. The Balaban J connectivity index is 2.23. The molecule has 19 heavy (non-hydrogen) atoms. The Bertz CT molecular complexity index is 488. The van der Waals surface area contributed by atoms with E-state index in [1.165, 1.54) is 11.1 Å². The molecule has 0 unspecified atom stereocenters. The van der Waals surface area contributed by atoms with Crippen LogP contribution < -0.4 is 4.90 Å². The number of hydrogen-bond donors (Lipinski definition) is 0. The summed E-state index contributed by atoms with van der Waals surface area (Å²) in [6, 6.07) is 6.51. The number of halogens is 1. The fourth-order valence-corrected chi connectivity index (χ4v) is 2.91. The smallest absolute Gasteiger partial charge is 0.229 e. The molecule has 0 aromatic heterocycles. The van der Waals surface area contributed by atoms with Crippen molar-refractivity contribution >= 4 is 27.5 Å². The number of alkyl halides is 1. The fraction of sp³-hybridized carbons (Fsp3) is 0.562. The van der Waals surface area contributed by atoms with Crippen molar-refractivity contribution in [1.82, 2.24) is 0 Å². The first kappa shape index (κ1) is 14.6. The number of benzene rings is 1. The van der Waals surface area contributed by atoms with Crippen LogP contribution in [0, 0.1) is 5.92 Å². The highest BCUT2D eigenvalue weighted by Crippen LogP contribution is 2.32. The standard InChI is InChI=1S/C16H22BrNO/c1-11(2)15(19)18-8-7-13-9-12(5-6-14(13)18)10-16(3,4)17/h5-6,9,11H,7-8,10H2,1-4H3. The summed E-state index contributed by atoms with van der Waals surface area (Å²) in [4.78, 5) is 14.1. The second-order valence-corrected chi connectivity index (χ2v) is 8.40. The number of carbonyl (C=O) groups excluding carboxylic acids is 1. The third-order valence-corrected chi connectivity index (χ3v) is 3.70. The van der Waals surface area contributed by atoms with Gasteiger partial charge in [-0.15, -0.1) is 0 Å². The van der Waals surface area contributed by atoms with E-state index in [9.17, 15) is 4.79 Å². The number of anilines is 1. The van der Waals surface area contributed by atoms with Gasteiger partial charge < -0.3 is 4.90 Å². The molecule has 0 aliphatic carbocycles. The molecule has 0 atom stereocenters. The molecule has 0 saturated carbocycles. The number of rotatable bonds is 3. The molecule has 3 heteroatoms. The van der Waals surface area contributed by atoms with Crippen molar-refractivity contribution in [2.24, 2.45) is 5.92 Å². The van der Waals surface area contributed by atoms with Crippen LogP contribution >= 0.6 is 15.9 Å². The van der Waals surface area contributed by atoms with Gasteiger partial charge in [0, 0.05) is 22.5 Å². The molecule has 1 aromatic carbocycles. The van der Waals surface area contributed by atoms with Gasteiger partial charge in [0.05, 0.1) is 0 Å². The molecule has 2 nitrogen and oxygen atoms in total. The molecule has 1 aromatic rings. The zero-order valence-electron chi connectivity index (χ0n) is 12.2. The van der Waals surface area contributed by atoms with Gasteiger partial charge in [-0.3, -0.25) is 4.79 Å². The average Bonchev–Trinajstić information content (AvgIpc) is 2.68. The lowest BCUT2D eigenvalue weighted by Gasteiger charge is -2.20. The van der Waals surface area contributed by atoms with Crippen LogP contribution in [0.15, 0.2) is 18.2 Å². The van der Waals surface area contributed by atoms with E-state index in [1.807, 2.05) is 18.7 Å². The SMILES string of the molecule is CC(C)C(=O)N1CCc2cc(CC(C)(C)Br)ccc21. The Hall–Kier alpha value is -0.830. The van der Waals surface area contributed by atoms with Gasteiger partial charge in [0.25, 0.3) is 0 Å². The summed E-state index contributed by atoms with van der Waals surface area (Å²) in [7, 11) is 0. The second kappa shape index (κ2) is 5.28. The van der Waals surface area contributed by atoms with Gasteiger partial charge in [-0.1, -0.05) is 41.9 Å². The molecular weight excluding hydrogens is 302 g/mol. The van der Waals surface area contributed by atoms with Gasteiger partial charge in [-0.2, -0.15) is 0 Å². The van der Waals surface area contributed by atoms with Crippen molar-refractivity contribution < 1.29 is 4.79 Å². The molecule has 2 rings (SSSR count). The number of fused-ring (bicyclic) bond motifs is 1. The number of amides is 1. The molecule has 1 aliphatic heterocycles. The summed E-state index contributed by atoms with van der Waals surface area (Å²) in [6.45, 7) is 9.10. The monoisotopic (exact) mass is 323 g/mol. The molecular formula is C16H22BrNO. The predicted octanol–water partition coefficient (Wildman–Crippen LogP) is 3.95. The lowest BCUT2D eigenvalue weighted by Crippen LogP contribution is -2.32. The molecule has 0 fully saturated rings. The summed E-state index contributed by atoms with van der Waals surface area (Å²) in [5.74, 6) is 0.291. The molecule has 0 N–H and O–H groups in total. The van der Waals surface area contributed by atoms with E-state index in [4.69, 9.17) is 0 Å². The van der Waals surface area contributed by atoms with Crippen LogP contribution in [-0.2, 0) is 17.6 Å². The third-order valence-electron chi connectivity index (χ3n) is 3.42.